The molecule has 1 saturated heterocycles. The molecule has 0 amide bonds. The highest BCUT2D eigenvalue weighted by molar-refractivity contribution is 5.48. The molecule has 2 unspecified atom stereocenters. The number of aliphatic hydroxyl groups excluding tert-OH is 1. The van der Waals surface area contributed by atoms with Crippen molar-refractivity contribution in [3.63, 3.8) is 0 Å². The Morgan fingerprint density at radius 2 is 2.05 bits per heavy atom. The molecule has 1 aliphatic heterocycles. The lowest BCUT2D eigenvalue weighted by Crippen LogP contribution is -2.39. The van der Waals surface area contributed by atoms with Gasteiger partial charge in [0.15, 0.2) is 0 Å². The number of rotatable bonds is 3. The van der Waals surface area contributed by atoms with Crippen molar-refractivity contribution in [2.24, 2.45) is 5.92 Å². The SMILES string of the molecule is Cc1cccc(N2CC(C)CN(C)C(CCO)C2)c1. The summed E-state index contributed by atoms with van der Waals surface area (Å²) in [5.41, 5.74) is 2.62. The van der Waals surface area contributed by atoms with Gasteiger partial charge in [0, 0.05) is 38.0 Å². The van der Waals surface area contributed by atoms with Crippen LogP contribution in [0, 0.1) is 12.8 Å². The zero-order valence-electron chi connectivity index (χ0n) is 12.3. The van der Waals surface area contributed by atoms with E-state index in [1.165, 1.54) is 11.3 Å². The van der Waals surface area contributed by atoms with Crippen LogP contribution >= 0.6 is 0 Å². The molecule has 0 aliphatic carbocycles. The first kappa shape index (κ1) is 14.4. The van der Waals surface area contributed by atoms with Crippen molar-refractivity contribution >= 4 is 5.69 Å². The number of hydrogen-bond donors (Lipinski definition) is 1. The Balaban J connectivity index is 2.18. The van der Waals surface area contributed by atoms with Gasteiger partial charge in [0.2, 0.25) is 0 Å². The number of anilines is 1. The maximum Gasteiger partial charge on any atom is 0.0446 e. The highest BCUT2D eigenvalue weighted by Gasteiger charge is 2.25. The van der Waals surface area contributed by atoms with E-state index in [9.17, 15) is 5.11 Å². The van der Waals surface area contributed by atoms with Crippen LogP contribution in [0.3, 0.4) is 0 Å². The molecule has 1 heterocycles. The van der Waals surface area contributed by atoms with Crippen LogP contribution in [0.1, 0.15) is 18.9 Å². The maximum absolute atomic E-state index is 9.25. The van der Waals surface area contributed by atoms with E-state index in [2.05, 4.69) is 55.0 Å². The molecule has 0 spiro atoms. The molecule has 2 atom stereocenters. The van der Waals surface area contributed by atoms with Gasteiger partial charge >= 0.3 is 0 Å². The predicted octanol–water partition coefficient (Wildman–Crippen LogP) is 2.13. The molecule has 0 aromatic heterocycles. The Bertz CT molecular complexity index is 407. The lowest BCUT2D eigenvalue weighted by Gasteiger charge is -2.29. The van der Waals surface area contributed by atoms with E-state index in [0.717, 1.165) is 26.1 Å². The van der Waals surface area contributed by atoms with Crippen molar-refractivity contribution < 1.29 is 5.11 Å². The predicted molar refractivity (Wildman–Crippen MR) is 80.7 cm³/mol. The first-order valence-corrected chi connectivity index (χ1v) is 7.23. The maximum atomic E-state index is 9.25. The van der Waals surface area contributed by atoms with E-state index in [-0.39, 0.29) is 6.61 Å². The molecule has 19 heavy (non-hydrogen) atoms. The van der Waals surface area contributed by atoms with Gasteiger partial charge in [-0.05, 0) is 44.0 Å². The average molecular weight is 262 g/mol. The van der Waals surface area contributed by atoms with Crippen LogP contribution in [-0.2, 0) is 0 Å². The number of hydrogen-bond acceptors (Lipinski definition) is 3. The molecule has 0 saturated carbocycles. The summed E-state index contributed by atoms with van der Waals surface area (Å²) < 4.78 is 0. The highest BCUT2D eigenvalue weighted by Crippen LogP contribution is 2.22. The molecule has 1 aromatic carbocycles. The van der Waals surface area contributed by atoms with E-state index >= 15 is 0 Å². The standard InChI is InChI=1S/C16H26N2O/c1-13-5-4-6-15(9-13)18-11-14(2)10-17(3)16(12-18)7-8-19/h4-6,9,14,16,19H,7-8,10-12H2,1-3H3. The normalized spacial score (nSPS) is 25.4. The summed E-state index contributed by atoms with van der Waals surface area (Å²) in [6.07, 6.45) is 0.853. The Kier molecular flexibility index (Phi) is 4.83. The van der Waals surface area contributed by atoms with Gasteiger partial charge in [0.05, 0.1) is 0 Å². The lowest BCUT2D eigenvalue weighted by molar-refractivity contribution is 0.186. The Hall–Kier alpha value is -1.06. The number of benzene rings is 1. The molecule has 1 aromatic rings. The lowest BCUT2D eigenvalue weighted by atomic mass is 10.1. The van der Waals surface area contributed by atoms with Crippen LogP contribution in [0.2, 0.25) is 0 Å². The van der Waals surface area contributed by atoms with Crippen LogP contribution in [0.25, 0.3) is 0 Å². The second-order valence-corrected chi connectivity index (χ2v) is 5.95. The summed E-state index contributed by atoms with van der Waals surface area (Å²) in [5.74, 6) is 0.647. The van der Waals surface area contributed by atoms with E-state index in [4.69, 9.17) is 0 Å². The third-order valence-corrected chi connectivity index (χ3v) is 4.02. The fourth-order valence-electron chi connectivity index (χ4n) is 3.04. The minimum absolute atomic E-state index is 0.269. The topological polar surface area (TPSA) is 26.7 Å². The van der Waals surface area contributed by atoms with Crippen molar-refractivity contribution in [1.82, 2.24) is 4.90 Å². The van der Waals surface area contributed by atoms with E-state index in [1.807, 2.05) is 0 Å². The third-order valence-electron chi connectivity index (χ3n) is 4.02. The minimum atomic E-state index is 0.269. The summed E-state index contributed by atoms with van der Waals surface area (Å²) in [5, 5.41) is 9.25. The van der Waals surface area contributed by atoms with Gasteiger partial charge in [-0.2, -0.15) is 0 Å². The molecular weight excluding hydrogens is 236 g/mol. The van der Waals surface area contributed by atoms with Gasteiger partial charge in [-0.15, -0.1) is 0 Å². The van der Waals surface area contributed by atoms with Gasteiger partial charge in [0.1, 0.15) is 0 Å². The zero-order chi connectivity index (χ0) is 13.8. The molecule has 1 aliphatic rings. The van der Waals surface area contributed by atoms with Crippen molar-refractivity contribution in [2.45, 2.75) is 26.3 Å². The van der Waals surface area contributed by atoms with Crippen molar-refractivity contribution in [1.29, 1.82) is 0 Å². The van der Waals surface area contributed by atoms with Crippen LogP contribution in [0.5, 0.6) is 0 Å². The van der Waals surface area contributed by atoms with Crippen molar-refractivity contribution in [2.75, 3.05) is 38.2 Å². The monoisotopic (exact) mass is 262 g/mol. The van der Waals surface area contributed by atoms with E-state index < -0.39 is 0 Å². The van der Waals surface area contributed by atoms with Crippen LogP contribution < -0.4 is 4.90 Å². The molecule has 106 valence electrons. The molecule has 2 rings (SSSR count). The van der Waals surface area contributed by atoms with E-state index in [1.54, 1.807) is 0 Å². The zero-order valence-corrected chi connectivity index (χ0v) is 12.3. The fourth-order valence-corrected chi connectivity index (χ4v) is 3.04. The fraction of sp³-hybridized carbons (Fsp3) is 0.625. The number of likely N-dealkylation sites (N-methyl/N-ethyl adjacent to an activating group) is 1. The molecule has 1 fully saturated rings. The largest absolute Gasteiger partial charge is 0.396 e. The number of nitrogens with zero attached hydrogens (tertiary/aromatic N) is 2. The quantitative estimate of drug-likeness (QED) is 0.904. The number of aliphatic hydroxyl groups is 1. The smallest absolute Gasteiger partial charge is 0.0446 e. The first-order chi connectivity index (χ1) is 9.10. The van der Waals surface area contributed by atoms with E-state index in [0.29, 0.717) is 12.0 Å². The molecule has 3 heteroatoms. The molecular formula is C16H26N2O. The summed E-state index contributed by atoms with van der Waals surface area (Å²) in [6, 6.07) is 9.16. The van der Waals surface area contributed by atoms with Crippen LogP contribution in [0.15, 0.2) is 24.3 Å². The average Bonchev–Trinajstić information content (AvgIpc) is 2.49. The third kappa shape index (κ3) is 3.71. The molecule has 3 nitrogen and oxygen atoms in total. The van der Waals surface area contributed by atoms with Gasteiger partial charge in [-0.1, -0.05) is 19.1 Å². The minimum Gasteiger partial charge on any atom is -0.396 e. The highest BCUT2D eigenvalue weighted by atomic mass is 16.3. The second kappa shape index (κ2) is 6.40. The van der Waals surface area contributed by atoms with Crippen molar-refractivity contribution in [3.8, 4) is 0 Å². The van der Waals surface area contributed by atoms with Gasteiger partial charge in [-0.3, -0.25) is 0 Å². The molecule has 0 radical (unpaired) electrons. The van der Waals surface area contributed by atoms with Gasteiger partial charge in [-0.25, -0.2) is 0 Å². The van der Waals surface area contributed by atoms with Crippen molar-refractivity contribution in [3.05, 3.63) is 29.8 Å². The Labute approximate surface area is 116 Å². The molecule has 0 bridgehead atoms. The van der Waals surface area contributed by atoms with Gasteiger partial charge < -0.3 is 14.9 Å². The first-order valence-electron chi connectivity index (χ1n) is 7.23. The summed E-state index contributed by atoms with van der Waals surface area (Å²) in [6.45, 7) is 7.92. The van der Waals surface area contributed by atoms with Crippen LogP contribution in [-0.4, -0.2) is 49.3 Å². The Morgan fingerprint density at radius 1 is 1.26 bits per heavy atom. The van der Waals surface area contributed by atoms with Gasteiger partial charge in [0.25, 0.3) is 0 Å². The molecule has 1 N–H and O–H groups in total. The Morgan fingerprint density at radius 3 is 2.74 bits per heavy atom. The van der Waals surface area contributed by atoms with Crippen LogP contribution in [0.4, 0.5) is 5.69 Å². The second-order valence-electron chi connectivity index (χ2n) is 5.95. The summed E-state index contributed by atoms with van der Waals surface area (Å²) in [7, 11) is 2.18. The number of aryl methyl sites for hydroxylation is 1. The summed E-state index contributed by atoms with van der Waals surface area (Å²) in [4.78, 5) is 4.87. The summed E-state index contributed by atoms with van der Waals surface area (Å²) >= 11 is 0.